The number of aromatic nitrogens is 4. The van der Waals surface area contributed by atoms with Gasteiger partial charge >= 0.3 is 0 Å². The van der Waals surface area contributed by atoms with Crippen molar-refractivity contribution in [3.05, 3.63) is 96.8 Å². The summed E-state index contributed by atoms with van der Waals surface area (Å²) in [7, 11) is 1.67. The number of nitrogens with zero attached hydrogens (tertiary/aromatic N) is 5. The summed E-state index contributed by atoms with van der Waals surface area (Å²) in [6, 6.07) is 21.9. The first-order valence-corrected chi connectivity index (χ1v) is 9.96. The van der Waals surface area contributed by atoms with Crippen LogP contribution in [0.25, 0.3) is 16.7 Å². The molecule has 0 unspecified atom stereocenters. The third-order valence-electron chi connectivity index (χ3n) is 5.10. The first-order chi connectivity index (χ1) is 15.3. The summed E-state index contributed by atoms with van der Waals surface area (Å²) in [6.07, 6.45) is 5.09. The van der Waals surface area contributed by atoms with Crippen LogP contribution < -0.4 is 9.64 Å². The Morgan fingerprint density at radius 2 is 1.77 bits per heavy atom. The highest BCUT2D eigenvalue weighted by Gasteiger charge is 2.18. The third kappa shape index (κ3) is 3.85. The molecule has 2 aromatic carbocycles. The second-order valence-corrected chi connectivity index (χ2v) is 7.11. The molecule has 0 saturated carbocycles. The molecule has 0 amide bonds. The Hall–Kier alpha value is -4.13. The molecule has 0 N–H and O–H groups in total. The van der Waals surface area contributed by atoms with Crippen molar-refractivity contribution >= 4 is 16.9 Å². The number of furan rings is 1. The Labute approximate surface area is 179 Å². The van der Waals surface area contributed by atoms with Crippen LogP contribution in [0.4, 0.5) is 5.82 Å². The molecule has 7 nitrogen and oxygen atoms in total. The van der Waals surface area contributed by atoms with Crippen LogP contribution in [0, 0.1) is 0 Å². The lowest BCUT2D eigenvalue weighted by molar-refractivity contribution is 0.414. The molecular formula is C24H21N5O2. The van der Waals surface area contributed by atoms with Gasteiger partial charge in [0.25, 0.3) is 0 Å². The Morgan fingerprint density at radius 1 is 0.935 bits per heavy atom. The van der Waals surface area contributed by atoms with E-state index in [1.165, 1.54) is 0 Å². The van der Waals surface area contributed by atoms with E-state index in [4.69, 9.17) is 9.15 Å². The van der Waals surface area contributed by atoms with Crippen LogP contribution in [-0.2, 0) is 13.1 Å². The minimum atomic E-state index is 0.571. The zero-order valence-corrected chi connectivity index (χ0v) is 17.0. The van der Waals surface area contributed by atoms with Crippen molar-refractivity contribution in [2.45, 2.75) is 13.1 Å². The van der Waals surface area contributed by atoms with Crippen LogP contribution in [-0.4, -0.2) is 26.9 Å². The molecule has 0 radical (unpaired) electrons. The average molecular weight is 411 g/mol. The summed E-state index contributed by atoms with van der Waals surface area (Å²) < 4.78 is 12.7. The fourth-order valence-electron chi connectivity index (χ4n) is 3.59. The van der Waals surface area contributed by atoms with E-state index in [2.05, 4.69) is 32.1 Å². The van der Waals surface area contributed by atoms with Gasteiger partial charge in [0.15, 0.2) is 5.65 Å². The standard InChI is InChI=1S/C24H21N5O2/c1-30-20-11-9-18(10-12-20)15-28(16-21-8-5-13-31-21)23-22-14-27-29(24(22)26-17-25-23)19-6-3-2-4-7-19/h2-14,17H,15-16H2,1H3. The molecule has 5 aromatic rings. The number of anilines is 1. The lowest BCUT2D eigenvalue weighted by Crippen LogP contribution is -2.23. The van der Waals surface area contributed by atoms with Crippen LogP contribution in [0.3, 0.4) is 0 Å². The molecule has 0 aliphatic heterocycles. The van der Waals surface area contributed by atoms with Gasteiger partial charge in [-0.3, -0.25) is 0 Å². The first kappa shape index (κ1) is 18.9. The van der Waals surface area contributed by atoms with Crippen molar-refractivity contribution in [1.29, 1.82) is 0 Å². The normalized spacial score (nSPS) is 11.0. The lowest BCUT2D eigenvalue weighted by atomic mass is 10.2. The number of para-hydroxylation sites is 1. The number of hydrogen-bond donors (Lipinski definition) is 0. The number of rotatable bonds is 7. The lowest BCUT2D eigenvalue weighted by Gasteiger charge is -2.23. The number of fused-ring (bicyclic) bond motifs is 1. The van der Waals surface area contributed by atoms with Crippen LogP contribution >= 0.6 is 0 Å². The molecule has 31 heavy (non-hydrogen) atoms. The predicted octanol–water partition coefficient (Wildman–Crippen LogP) is 4.62. The summed E-state index contributed by atoms with van der Waals surface area (Å²) in [5.41, 5.74) is 2.85. The van der Waals surface area contributed by atoms with Gasteiger partial charge in [0.1, 0.15) is 23.7 Å². The quantitative estimate of drug-likeness (QED) is 0.389. The fourth-order valence-corrected chi connectivity index (χ4v) is 3.59. The van der Waals surface area contributed by atoms with Crippen LogP contribution in [0.5, 0.6) is 5.75 Å². The largest absolute Gasteiger partial charge is 0.497 e. The van der Waals surface area contributed by atoms with Crippen molar-refractivity contribution < 1.29 is 9.15 Å². The number of ether oxygens (including phenoxy) is 1. The highest BCUT2D eigenvalue weighted by Crippen LogP contribution is 2.27. The van der Waals surface area contributed by atoms with Crippen LogP contribution in [0.2, 0.25) is 0 Å². The second kappa shape index (κ2) is 8.31. The highest BCUT2D eigenvalue weighted by atomic mass is 16.5. The van der Waals surface area contributed by atoms with E-state index < -0.39 is 0 Å². The van der Waals surface area contributed by atoms with E-state index in [-0.39, 0.29) is 0 Å². The summed E-state index contributed by atoms with van der Waals surface area (Å²) in [4.78, 5) is 11.3. The SMILES string of the molecule is COc1ccc(CN(Cc2ccco2)c2ncnc3c2cnn3-c2ccccc2)cc1. The Morgan fingerprint density at radius 3 is 2.52 bits per heavy atom. The molecule has 0 spiro atoms. The molecule has 0 aliphatic carbocycles. The van der Waals surface area contributed by atoms with E-state index in [0.29, 0.717) is 13.1 Å². The molecule has 0 atom stereocenters. The zero-order chi connectivity index (χ0) is 21.0. The Balaban J connectivity index is 1.55. The predicted molar refractivity (Wildman–Crippen MR) is 118 cm³/mol. The van der Waals surface area contributed by atoms with Gasteiger partial charge in [0, 0.05) is 6.54 Å². The molecule has 154 valence electrons. The number of hydrogen-bond acceptors (Lipinski definition) is 6. The molecule has 5 rings (SSSR count). The average Bonchev–Trinajstić information content (AvgIpc) is 3.49. The second-order valence-electron chi connectivity index (χ2n) is 7.11. The van der Waals surface area contributed by atoms with Gasteiger partial charge in [-0.1, -0.05) is 30.3 Å². The molecular weight excluding hydrogens is 390 g/mol. The van der Waals surface area contributed by atoms with Gasteiger partial charge in [0.05, 0.1) is 37.2 Å². The molecule has 0 aliphatic rings. The number of methoxy groups -OCH3 is 1. The van der Waals surface area contributed by atoms with Gasteiger partial charge in [-0.05, 0) is 42.0 Å². The summed E-state index contributed by atoms with van der Waals surface area (Å²) in [5.74, 6) is 2.49. The van der Waals surface area contributed by atoms with Gasteiger partial charge in [-0.2, -0.15) is 5.10 Å². The molecule has 0 bridgehead atoms. The monoisotopic (exact) mass is 411 g/mol. The van der Waals surface area contributed by atoms with Gasteiger partial charge < -0.3 is 14.1 Å². The van der Waals surface area contributed by atoms with Gasteiger partial charge in [-0.25, -0.2) is 14.6 Å². The van der Waals surface area contributed by atoms with Crippen LogP contribution in [0.15, 0.2) is 89.9 Å². The minimum Gasteiger partial charge on any atom is -0.497 e. The molecule has 0 saturated heterocycles. The van der Waals surface area contributed by atoms with E-state index in [1.807, 2.05) is 65.5 Å². The van der Waals surface area contributed by atoms with E-state index in [1.54, 1.807) is 19.7 Å². The molecule has 7 heteroatoms. The van der Waals surface area contributed by atoms with Crippen molar-refractivity contribution in [1.82, 2.24) is 19.7 Å². The van der Waals surface area contributed by atoms with Gasteiger partial charge in [0.2, 0.25) is 0 Å². The van der Waals surface area contributed by atoms with E-state index in [9.17, 15) is 0 Å². The summed E-state index contributed by atoms with van der Waals surface area (Å²) >= 11 is 0. The number of benzene rings is 2. The Bertz CT molecular complexity index is 1260. The Kier molecular flexibility index (Phi) is 5.06. The zero-order valence-electron chi connectivity index (χ0n) is 17.0. The highest BCUT2D eigenvalue weighted by molar-refractivity contribution is 5.87. The maximum absolute atomic E-state index is 5.62. The van der Waals surface area contributed by atoms with Crippen LogP contribution in [0.1, 0.15) is 11.3 Å². The van der Waals surface area contributed by atoms with Crippen molar-refractivity contribution in [3.63, 3.8) is 0 Å². The summed E-state index contributed by atoms with van der Waals surface area (Å²) in [5, 5.41) is 5.46. The first-order valence-electron chi connectivity index (χ1n) is 9.96. The van der Waals surface area contributed by atoms with E-state index in [0.717, 1.165) is 39.6 Å². The van der Waals surface area contributed by atoms with Crippen molar-refractivity contribution in [2.24, 2.45) is 0 Å². The third-order valence-corrected chi connectivity index (χ3v) is 5.10. The topological polar surface area (TPSA) is 69.2 Å². The summed E-state index contributed by atoms with van der Waals surface area (Å²) in [6.45, 7) is 1.22. The van der Waals surface area contributed by atoms with Crippen molar-refractivity contribution in [2.75, 3.05) is 12.0 Å². The smallest absolute Gasteiger partial charge is 0.168 e. The molecule has 0 fully saturated rings. The maximum Gasteiger partial charge on any atom is 0.168 e. The molecule has 3 aromatic heterocycles. The van der Waals surface area contributed by atoms with E-state index >= 15 is 0 Å². The van der Waals surface area contributed by atoms with Gasteiger partial charge in [-0.15, -0.1) is 0 Å². The fraction of sp³-hybridized carbons (Fsp3) is 0.125. The van der Waals surface area contributed by atoms with Crippen molar-refractivity contribution in [3.8, 4) is 11.4 Å². The maximum atomic E-state index is 5.62. The minimum absolute atomic E-state index is 0.571. The molecule has 3 heterocycles.